The van der Waals surface area contributed by atoms with Crippen LogP contribution in [-0.4, -0.2) is 29.1 Å². The van der Waals surface area contributed by atoms with Gasteiger partial charge in [0, 0.05) is 36.6 Å². The lowest BCUT2D eigenvalue weighted by Gasteiger charge is -2.37. The van der Waals surface area contributed by atoms with Crippen LogP contribution in [0.3, 0.4) is 0 Å². The fourth-order valence-electron chi connectivity index (χ4n) is 2.76. The van der Waals surface area contributed by atoms with Gasteiger partial charge >= 0.3 is 0 Å². The highest BCUT2D eigenvalue weighted by molar-refractivity contribution is 5.35. The number of nitrogens with one attached hydrogen (secondary N) is 1. The summed E-state index contributed by atoms with van der Waals surface area (Å²) in [6, 6.07) is 0.551. The van der Waals surface area contributed by atoms with E-state index in [1.54, 1.807) is 0 Å². The Morgan fingerprint density at radius 2 is 2.15 bits per heavy atom. The molecule has 0 bridgehead atoms. The normalized spacial score (nSPS) is 23.1. The van der Waals surface area contributed by atoms with Crippen LogP contribution in [0.2, 0.25) is 0 Å². The van der Waals surface area contributed by atoms with E-state index < -0.39 is 0 Å². The average molecular weight is 276 g/mol. The van der Waals surface area contributed by atoms with Crippen LogP contribution in [0.25, 0.3) is 0 Å². The number of nitrogens with zero attached hydrogens (tertiary/aromatic N) is 3. The molecule has 0 saturated carbocycles. The first-order chi connectivity index (χ1) is 9.61. The number of hydrogen-bond acceptors (Lipinski definition) is 4. The Balaban J connectivity index is 2.07. The van der Waals surface area contributed by atoms with Gasteiger partial charge in [0.25, 0.3) is 0 Å². The van der Waals surface area contributed by atoms with Crippen molar-refractivity contribution in [1.82, 2.24) is 15.3 Å². The van der Waals surface area contributed by atoms with Gasteiger partial charge in [0.05, 0.1) is 0 Å². The van der Waals surface area contributed by atoms with E-state index in [1.807, 2.05) is 6.20 Å². The quantitative estimate of drug-likeness (QED) is 0.840. The van der Waals surface area contributed by atoms with E-state index in [0.717, 1.165) is 43.6 Å². The Labute approximate surface area is 123 Å². The van der Waals surface area contributed by atoms with Crippen molar-refractivity contribution < 1.29 is 0 Å². The van der Waals surface area contributed by atoms with Crippen molar-refractivity contribution in [2.75, 3.05) is 18.0 Å². The Morgan fingerprint density at radius 3 is 2.85 bits per heavy atom. The van der Waals surface area contributed by atoms with Crippen molar-refractivity contribution in [2.24, 2.45) is 5.92 Å². The second-order valence-corrected chi connectivity index (χ2v) is 6.14. The summed E-state index contributed by atoms with van der Waals surface area (Å²) in [5, 5.41) is 3.41. The first-order valence-electron chi connectivity index (χ1n) is 7.91. The number of rotatable bonds is 5. The highest BCUT2D eigenvalue weighted by Gasteiger charge is 2.25. The van der Waals surface area contributed by atoms with Gasteiger partial charge in [0.2, 0.25) is 5.95 Å². The summed E-state index contributed by atoms with van der Waals surface area (Å²) in [6.45, 7) is 11.8. The second kappa shape index (κ2) is 7.02. The van der Waals surface area contributed by atoms with Crippen LogP contribution >= 0.6 is 0 Å². The van der Waals surface area contributed by atoms with Crippen LogP contribution in [-0.2, 0) is 6.54 Å². The zero-order valence-electron chi connectivity index (χ0n) is 13.3. The third kappa shape index (κ3) is 3.69. The molecule has 0 spiro atoms. The number of anilines is 1. The molecule has 2 rings (SSSR count). The van der Waals surface area contributed by atoms with Crippen LogP contribution in [0.15, 0.2) is 6.20 Å². The van der Waals surface area contributed by atoms with Gasteiger partial charge < -0.3 is 10.2 Å². The molecule has 0 aliphatic carbocycles. The standard InChI is InChI=1S/C16H28N4/c1-5-8-17-9-15-10-18-16(19-14(15)4)20-11-12(2)6-7-13(20)3/h10,12-13,17H,5-9,11H2,1-4H3. The summed E-state index contributed by atoms with van der Waals surface area (Å²) in [6.07, 6.45) is 5.70. The van der Waals surface area contributed by atoms with Gasteiger partial charge in [-0.2, -0.15) is 0 Å². The molecule has 1 aliphatic heterocycles. The fraction of sp³-hybridized carbons (Fsp3) is 0.750. The molecule has 2 heterocycles. The molecule has 1 N–H and O–H groups in total. The Morgan fingerprint density at radius 1 is 1.35 bits per heavy atom. The van der Waals surface area contributed by atoms with E-state index in [1.165, 1.54) is 18.4 Å². The number of aryl methyl sites for hydroxylation is 1. The topological polar surface area (TPSA) is 41.1 Å². The SMILES string of the molecule is CCCNCc1cnc(N2CC(C)CCC2C)nc1C. The van der Waals surface area contributed by atoms with Crippen LogP contribution in [0, 0.1) is 12.8 Å². The Bertz CT molecular complexity index is 432. The van der Waals surface area contributed by atoms with Crippen molar-refractivity contribution in [3.63, 3.8) is 0 Å². The minimum absolute atomic E-state index is 0.551. The first-order valence-corrected chi connectivity index (χ1v) is 7.91. The molecule has 0 amide bonds. The molecule has 1 aromatic heterocycles. The summed E-state index contributed by atoms with van der Waals surface area (Å²) >= 11 is 0. The van der Waals surface area contributed by atoms with Crippen LogP contribution < -0.4 is 10.2 Å². The van der Waals surface area contributed by atoms with Crippen molar-refractivity contribution in [1.29, 1.82) is 0 Å². The first kappa shape index (κ1) is 15.2. The third-order valence-electron chi connectivity index (χ3n) is 4.19. The summed E-state index contributed by atoms with van der Waals surface area (Å²) in [4.78, 5) is 11.7. The zero-order chi connectivity index (χ0) is 14.5. The molecule has 1 aromatic rings. The monoisotopic (exact) mass is 276 g/mol. The van der Waals surface area contributed by atoms with E-state index in [-0.39, 0.29) is 0 Å². The van der Waals surface area contributed by atoms with Crippen molar-refractivity contribution in [3.05, 3.63) is 17.5 Å². The highest BCUT2D eigenvalue weighted by atomic mass is 15.3. The van der Waals surface area contributed by atoms with Gasteiger partial charge in [-0.15, -0.1) is 0 Å². The van der Waals surface area contributed by atoms with E-state index >= 15 is 0 Å². The van der Waals surface area contributed by atoms with E-state index in [0.29, 0.717) is 6.04 Å². The fourth-order valence-corrected chi connectivity index (χ4v) is 2.76. The lowest BCUT2D eigenvalue weighted by molar-refractivity contribution is 0.385. The number of aromatic nitrogens is 2. The van der Waals surface area contributed by atoms with Crippen molar-refractivity contribution >= 4 is 5.95 Å². The molecule has 20 heavy (non-hydrogen) atoms. The molecule has 2 atom stereocenters. The largest absolute Gasteiger partial charge is 0.338 e. The maximum Gasteiger partial charge on any atom is 0.225 e. The minimum atomic E-state index is 0.551. The van der Waals surface area contributed by atoms with E-state index in [9.17, 15) is 0 Å². The van der Waals surface area contributed by atoms with Gasteiger partial charge in [0.15, 0.2) is 0 Å². The number of piperidine rings is 1. The van der Waals surface area contributed by atoms with Crippen LogP contribution in [0.4, 0.5) is 5.95 Å². The lowest BCUT2D eigenvalue weighted by Crippen LogP contribution is -2.42. The summed E-state index contributed by atoms with van der Waals surface area (Å²) in [5.41, 5.74) is 2.31. The maximum absolute atomic E-state index is 4.74. The van der Waals surface area contributed by atoms with Gasteiger partial charge in [-0.25, -0.2) is 9.97 Å². The summed E-state index contributed by atoms with van der Waals surface area (Å²) in [5.74, 6) is 1.64. The van der Waals surface area contributed by atoms with Crippen LogP contribution in [0.1, 0.15) is 51.3 Å². The predicted octanol–water partition coefficient (Wildman–Crippen LogP) is 2.91. The molecular formula is C16H28N4. The van der Waals surface area contributed by atoms with Gasteiger partial charge in [0.1, 0.15) is 0 Å². The minimum Gasteiger partial charge on any atom is -0.338 e. The van der Waals surface area contributed by atoms with Gasteiger partial charge in [-0.05, 0) is 45.6 Å². The average Bonchev–Trinajstić information content (AvgIpc) is 2.43. The molecule has 1 saturated heterocycles. The molecule has 1 aliphatic rings. The zero-order valence-corrected chi connectivity index (χ0v) is 13.3. The highest BCUT2D eigenvalue weighted by Crippen LogP contribution is 2.25. The third-order valence-corrected chi connectivity index (χ3v) is 4.19. The molecule has 4 heteroatoms. The molecule has 2 unspecified atom stereocenters. The summed E-state index contributed by atoms with van der Waals surface area (Å²) < 4.78 is 0. The van der Waals surface area contributed by atoms with Crippen molar-refractivity contribution in [2.45, 2.75) is 59.5 Å². The molecule has 112 valence electrons. The lowest BCUT2D eigenvalue weighted by atomic mass is 9.95. The maximum atomic E-state index is 4.74. The summed E-state index contributed by atoms with van der Waals surface area (Å²) in [7, 11) is 0. The van der Waals surface area contributed by atoms with E-state index in [2.05, 4.69) is 42.9 Å². The predicted molar refractivity (Wildman–Crippen MR) is 84.0 cm³/mol. The number of hydrogen-bond donors (Lipinski definition) is 1. The second-order valence-electron chi connectivity index (χ2n) is 6.14. The molecule has 1 fully saturated rings. The molecule has 0 aromatic carbocycles. The van der Waals surface area contributed by atoms with Crippen LogP contribution in [0.5, 0.6) is 0 Å². The molecular weight excluding hydrogens is 248 g/mol. The molecule has 0 radical (unpaired) electrons. The Hall–Kier alpha value is -1.16. The molecule has 4 nitrogen and oxygen atoms in total. The van der Waals surface area contributed by atoms with E-state index in [4.69, 9.17) is 4.98 Å². The Kier molecular flexibility index (Phi) is 5.35. The van der Waals surface area contributed by atoms with Crippen molar-refractivity contribution in [3.8, 4) is 0 Å². The smallest absolute Gasteiger partial charge is 0.225 e. The van der Waals surface area contributed by atoms with Gasteiger partial charge in [-0.3, -0.25) is 0 Å². The van der Waals surface area contributed by atoms with Gasteiger partial charge in [-0.1, -0.05) is 13.8 Å².